The van der Waals surface area contributed by atoms with Gasteiger partial charge >= 0.3 is 6.09 Å². The third kappa shape index (κ3) is 1.35. The predicted molar refractivity (Wildman–Crippen MR) is 56.9 cm³/mol. The van der Waals surface area contributed by atoms with E-state index in [0.29, 0.717) is 37.1 Å². The summed E-state index contributed by atoms with van der Waals surface area (Å²) in [5, 5.41) is 0. The van der Waals surface area contributed by atoms with E-state index >= 15 is 0 Å². The first kappa shape index (κ1) is 10.1. The Hall–Kier alpha value is -1.06. The van der Waals surface area contributed by atoms with Gasteiger partial charge in [-0.05, 0) is 24.7 Å². The molecule has 4 heteroatoms. The Labute approximate surface area is 94.9 Å². The number of amides is 1. The van der Waals surface area contributed by atoms with E-state index in [1.54, 1.807) is 0 Å². The first-order chi connectivity index (χ1) is 7.66. The molecule has 2 heterocycles. The van der Waals surface area contributed by atoms with Gasteiger partial charge < -0.3 is 4.74 Å². The van der Waals surface area contributed by atoms with E-state index < -0.39 is 0 Å². The molecule has 16 heavy (non-hydrogen) atoms. The molecule has 2 aliphatic heterocycles. The molecule has 1 amide bonds. The third-order valence-corrected chi connectivity index (χ3v) is 4.41. The molecule has 0 unspecified atom stereocenters. The second-order valence-corrected chi connectivity index (χ2v) is 5.37. The van der Waals surface area contributed by atoms with Crippen molar-refractivity contribution in [3.63, 3.8) is 0 Å². The monoisotopic (exact) mass is 223 g/mol. The molecule has 0 radical (unpaired) electrons. The Morgan fingerprint density at radius 2 is 2.06 bits per heavy atom. The Kier molecular flexibility index (Phi) is 2.19. The quantitative estimate of drug-likeness (QED) is 0.626. The van der Waals surface area contributed by atoms with Crippen molar-refractivity contribution in [3.8, 4) is 0 Å². The number of fused-ring (bicyclic) bond motifs is 3. The van der Waals surface area contributed by atoms with E-state index in [9.17, 15) is 9.59 Å². The van der Waals surface area contributed by atoms with Crippen LogP contribution < -0.4 is 0 Å². The highest BCUT2D eigenvalue weighted by Gasteiger charge is 2.48. The average molecular weight is 223 g/mol. The van der Waals surface area contributed by atoms with Gasteiger partial charge in [0, 0.05) is 18.9 Å². The summed E-state index contributed by atoms with van der Waals surface area (Å²) in [5.41, 5.74) is 0. The van der Waals surface area contributed by atoms with Crippen LogP contribution in [-0.4, -0.2) is 35.5 Å². The van der Waals surface area contributed by atoms with Crippen molar-refractivity contribution in [3.05, 3.63) is 0 Å². The number of ketones is 1. The number of hydrogen-bond acceptors (Lipinski definition) is 3. The third-order valence-electron chi connectivity index (χ3n) is 4.41. The van der Waals surface area contributed by atoms with Gasteiger partial charge in [0.1, 0.15) is 12.4 Å². The first-order valence-electron chi connectivity index (χ1n) is 6.13. The molecule has 1 aliphatic carbocycles. The number of carbonyl (C=O) groups excluding carboxylic acids is 2. The SMILES string of the molecule is C[C@@H]1CC(=O)C[C@@H]2[C@@H]1CC[C@@H]1COC(=O)N12. The smallest absolute Gasteiger partial charge is 0.410 e. The lowest BCUT2D eigenvalue weighted by molar-refractivity contribution is -0.126. The van der Waals surface area contributed by atoms with Gasteiger partial charge in [0.05, 0.1) is 6.04 Å². The maximum atomic E-state index is 11.7. The highest BCUT2D eigenvalue weighted by atomic mass is 16.6. The van der Waals surface area contributed by atoms with Gasteiger partial charge in [-0.1, -0.05) is 6.92 Å². The number of Topliss-reactive ketones (excluding diaryl/α,β-unsaturated/α-hetero) is 1. The zero-order valence-corrected chi connectivity index (χ0v) is 9.52. The molecule has 0 bridgehead atoms. The van der Waals surface area contributed by atoms with Gasteiger partial charge in [-0.25, -0.2) is 4.79 Å². The van der Waals surface area contributed by atoms with Crippen molar-refractivity contribution >= 4 is 11.9 Å². The predicted octanol–water partition coefficient (Wildman–Crippen LogP) is 1.58. The van der Waals surface area contributed by atoms with E-state index in [4.69, 9.17) is 4.74 Å². The summed E-state index contributed by atoms with van der Waals surface area (Å²) in [6, 6.07) is 0.344. The number of nitrogens with zero attached hydrogens (tertiary/aromatic N) is 1. The maximum absolute atomic E-state index is 11.7. The van der Waals surface area contributed by atoms with Gasteiger partial charge in [-0.2, -0.15) is 0 Å². The first-order valence-corrected chi connectivity index (χ1v) is 6.13. The van der Waals surface area contributed by atoms with Gasteiger partial charge in [-0.3, -0.25) is 9.69 Å². The zero-order valence-electron chi connectivity index (χ0n) is 9.52. The summed E-state index contributed by atoms with van der Waals surface area (Å²) in [4.78, 5) is 25.2. The van der Waals surface area contributed by atoms with E-state index in [2.05, 4.69) is 6.92 Å². The van der Waals surface area contributed by atoms with Gasteiger partial charge in [-0.15, -0.1) is 0 Å². The fourth-order valence-electron chi connectivity index (χ4n) is 3.62. The molecule has 2 saturated heterocycles. The van der Waals surface area contributed by atoms with Crippen LogP contribution in [0.5, 0.6) is 0 Å². The van der Waals surface area contributed by atoms with Gasteiger partial charge in [0.15, 0.2) is 0 Å². The molecular formula is C12H17NO3. The number of piperidine rings is 1. The topological polar surface area (TPSA) is 46.6 Å². The van der Waals surface area contributed by atoms with Crippen LogP contribution in [0.2, 0.25) is 0 Å². The minimum absolute atomic E-state index is 0.116. The molecule has 4 nitrogen and oxygen atoms in total. The van der Waals surface area contributed by atoms with Crippen molar-refractivity contribution in [2.45, 2.75) is 44.7 Å². The van der Waals surface area contributed by atoms with Crippen LogP contribution in [-0.2, 0) is 9.53 Å². The van der Waals surface area contributed by atoms with Crippen LogP contribution in [0.3, 0.4) is 0 Å². The molecule has 3 rings (SSSR count). The van der Waals surface area contributed by atoms with E-state index in [0.717, 1.165) is 12.8 Å². The lowest BCUT2D eigenvalue weighted by atomic mass is 9.70. The van der Waals surface area contributed by atoms with Gasteiger partial charge in [0.25, 0.3) is 0 Å². The molecule has 4 atom stereocenters. The van der Waals surface area contributed by atoms with Crippen molar-refractivity contribution in [2.75, 3.05) is 6.61 Å². The zero-order chi connectivity index (χ0) is 11.3. The van der Waals surface area contributed by atoms with Crippen molar-refractivity contribution in [2.24, 2.45) is 11.8 Å². The second kappa shape index (κ2) is 3.47. The number of cyclic esters (lactones) is 1. The van der Waals surface area contributed by atoms with E-state index in [1.807, 2.05) is 4.90 Å². The average Bonchev–Trinajstić information content (AvgIpc) is 2.60. The molecule has 0 aromatic carbocycles. The van der Waals surface area contributed by atoms with Crippen LogP contribution in [0.1, 0.15) is 32.6 Å². The molecule has 0 spiro atoms. The highest BCUT2D eigenvalue weighted by molar-refractivity contribution is 5.81. The minimum atomic E-state index is -0.207. The van der Waals surface area contributed by atoms with Crippen molar-refractivity contribution in [1.29, 1.82) is 0 Å². The Morgan fingerprint density at radius 3 is 2.88 bits per heavy atom. The van der Waals surface area contributed by atoms with Gasteiger partial charge in [0.2, 0.25) is 0 Å². The van der Waals surface area contributed by atoms with Crippen LogP contribution in [0.15, 0.2) is 0 Å². The normalized spacial score (nSPS) is 42.7. The Bertz CT molecular complexity index is 341. The Morgan fingerprint density at radius 1 is 1.25 bits per heavy atom. The second-order valence-electron chi connectivity index (χ2n) is 5.37. The summed E-state index contributed by atoms with van der Waals surface area (Å²) in [7, 11) is 0. The molecule has 1 saturated carbocycles. The number of ether oxygens (including phenoxy) is 1. The number of rotatable bonds is 0. The molecule has 88 valence electrons. The van der Waals surface area contributed by atoms with E-state index in [-0.39, 0.29) is 18.2 Å². The fourth-order valence-corrected chi connectivity index (χ4v) is 3.62. The summed E-state index contributed by atoms with van der Waals surface area (Å²) in [5.74, 6) is 1.22. The van der Waals surface area contributed by atoms with E-state index in [1.165, 1.54) is 0 Å². The Balaban J connectivity index is 1.88. The molecule has 0 N–H and O–H groups in total. The summed E-state index contributed by atoms with van der Waals surface area (Å²) < 4.78 is 5.10. The van der Waals surface area contributed by atoms with Crippen LogP contribution in [0.4, 0.5) is 4.79 Å². The summed E-state index contributed by atoms with van der Waals surface area (Å²) in [6.07, 6.45) is 3.19. The molecule has 0 aromatic rings. The number of carbonyl (C=O) groups is 2. The summed E-state index contributed by atoms with van der Waals surface area (Å²) >= 11 is 0. The molecule has 3 aliphatic rings. The molecular weight excluding hydrogens is 206 g/mol. The lowest BCUT2D eigenvalue weighted by Gasteiger charge is -2.46. The van der Waals surface area contributed by atoms with Crippen LogP contribution >= 0.6 is 0 Å². The molecule has 0 aromatic heterocycles. The lowest BCUT2D eigenvalue weighted by Crippen LogP contribution is -2.54. The summed E-state index contributed by atoms with van der Waals surface area (Å²) in [6.45, 7) is 2.65. The number of hydrogen-bond donors (Lipinski definition) is 0. The maximum Gasteiger partial charge on any atom is 0.410 e. The minimum Gasteiger partial charge on any atom is -0.447 e. The fraction of sp³-hybridized carbons (Fsp3) is 0.833. The van der Waals surface area contributed by atoms with Crippen LogP contribution in [0, 0.1) is 11.8 Å². The van der Waals surface area contributed by atoms with Crippen molar-refractivity contribution in [1.82, 2.24) is 4.90 Å². The van der Waals surface area contributed by atoms with Crippen molar-refractivity contribution < 1.29 is 14.3 Å². The molecule has 3 fully saturated rings. The standard InChI is InChI=1S/C12H17NO3/c1-7-4-9(14)5-11-10(7)3-2-8-6-16-12(15)13(8)11/h7-8,10-11H,2-6H2,1H3/t7-,8-,10-,11-/m1/s1. The highest BCUT2D eigenvalue weighted by Crippen LogP contribution is 2.41. The van der Waals surface area contributed by atoms with Crippen LogP contribution in [0.25, 0.3) is 0 Å². The largest absolute Gasteiger partial charge is 0.447 e.